The van der Waals surface area contributed by atoms with Gasteiger partial charge in [0.2, 0.25) is 0 Å². The number of nitrogens with zero attached hydrogens (tertiary/aromatic N) is 1. The Bertz CT molecular complexity index is 574. The molecular formula is C16H17Cl2NO. The van der Waals surface area contributed by atoms with Crippen LogP contribution in [0.15, 0.2) is 42.6 Å². The van der Waals surface area contributed by atoms with Crippen molar-refractivity contribution in [3.05, 3.63) is 63.9 Å². The first kappa shape index (κ1) is 15.3. The van der Waals surface area contributed by atoms with Crippen molar-refractivity contribution in [3.8, 4) is 0 Å². The lowest BCUT2D eigenvalue weighted by molar-refractivity contribution is 0.0640. The van der Waals surface area contributed by atoms with Crippen LogP contribution >= 0.6 is 23.2 Å². The molecular weight excluding hydrogens is 293 g/mol. The second kappa shape index (κ2) is 6.57. The zero-order chi connectivity index (χ0) is 14.6. The summed E-state index contributed by atoms with van der Waals surface area (Å²) >= 11 is 12.0. The molecule has 2 nitrogen and oxygen atoms in total. The quantitative estimate of drug-likeness (QED) is 0.859. The van der Waals surface area contributed by atoms with Crippen molar-refractivity contribution < 1.29 is 5.11 Å². The summed E-state index contributed by atoms with van der Waals surface area (Å²) in [6.07, 6.45) is 4.17. The lowest BCUT2D eigenvalue weighted by Crippen LogP contribution is -2.28. The Hall–Kier alpha value is -1.09. The summed E-state index contributed by atoms with van der Waals surface area (Å²) in [5.41, 5.74) is 0.219. The molecule has 0 saturated carbocycles. The van der Waals surface area contributed by atoms with Gasteiger partial charge in [-0.15, -0.1) is 0 Å². The predicted molar refractivity (Wildman–Crippen MR) is 83.2 cm³/mol. The molecule has 1 aromatic carbocycles. The molecule has 2 aromatic rings. The number of benzene rings is 1. The van der Waals surface area contributed by atoms with E-state index in [1.165, 1.54) is 0 Å². The molecule has 0 radical (unpaired) electrons. The highest BCUT2D eigenvalue weighted by Crippen LogP contribution is 2.36. The van der Waals surface area contributed by atoms with Crippen molar-refractivity contribution in [1.29, 1.82) is 0 Å². The molecule has 0 aliphatic heterocycles. The number of aliphatic hydroxyl groups is 1. The van der Waals surface area contributed by atoms with Gasteiger partial charge in [-0.1, -0.05) is 55.1 Å². The van der Waals surface area contributed by atoms with Gasteiger partial charge in [0, 0.05) is 6.20 Å². The Morgan fingerprint density at radius 2 is 1.95 bits per heavy atom. The van der Waals surface area contributed by atoms with Gasteiger partial charge < -0.3 is 5.11 Å². The van der Waals surface area contributed by atoms with Crippen LogP contribution in [0.1, 0.15) is 37.4 Å². The van der Waals surface area contributed by atoms with Crippen molar-refractivity contribution in [1.82, 2.24) is 4.98 Å². The van der Waals surface area contributed by atoms with Gasteiger partial charge in [0.05, 0.1) is 15.7 Å². The number of aromatic nitrogens is 1. The van der Waals surface area contributed by atoms with E-state index in [0.29, 0.717) is 22.2 Å². The maximum Gasteiger partial charge on any atom is 0.131 e. The first-order valence-electron chi connectivity index (χ1n) is 6.67. The maximum atomic E-state index is 11.1. The zero-order valence-corrected chi connectivity index (χ0v) is 12.8. The summed E-state index contributed by atoms with van der Waals surface area (Å²) in [7, 11) is 0. The lowest BCUT2D eigenvalue weighted by atomic mass is 9.85. The van der Waals surface area contributed by atoms with E-state index in [0.717, 1.165) is 18.4 Å². The zero-order valence-electron chi connectivity index (χ0n) is 11.3. The molecule has 0 saturated heterocycles. The van der Waals surface area contributed by atoms with Gasteiger partial charge in [-0.2, -0.15) is 0 Å². The first-order chi connectivity index (χ1) is 9.58. The monoisotopic (exact) mass is 309 g/mol. The van der Waals surface area contributed by atoms with Crippen molar-refractivity contribution in [3.63, 3.8) is 0 Å². The fourth-order valence-corrected chi connectivity index (χ4v) is 2.51. The molecule has 1 aromatic heterocycles. The molecule has 4 heteroatoms. The minimum Gasteiger partial charge on any atom is -0.379 e. The van der Waals surface area contributed by atoms with Crippen molar-refractivity contribution >= 4 is 23.2 Å². The van der Waals surface area contributed by atoms with Crippen LogP contribution in [0.2, 0.25) is 10.0 Å². The van der Waals surface area contributed by atoms with Crippen LogP contribution < -0.4 is 0 Å². The summed E-state index contributed by atoms with van der Waals surface area (Å²) < 4.78 is 0. The molecule has 20 heavy (non-hydrogen) atoms. The molecule has 2 rings (SSSR count). The van der Waals surface area contributed by atoms with Gasteiger partial charge in [0.15, 0.2) is 0 Å². The molecule has 0 bridgehead atoms. The third-order valence-corrected chi connectivity index (χ3v) is 4.12. The highest BCUT2D eigenvalue weighted by Gasteiger charge is 2.32. The Balaban J connectivity index is 2.48. The average molecular weight is 310 g/mol. The first-order valence-corrected chi connectivity index (χ1v) is 7.43. The largest absolute Gasteiger partial charge is 0.379 e. The Morgan fingerprint density at radius 1 is 1.15 bits per heavy atom. The van der Waals surface area contributed by atoms with Gasteiger partial charge in [0.25, 0.3) is 0 Å². The Morgan fingerprint density at radius 3 is 2.55 bits per heavy atom. The van der Waals surface area contributed by atoms with E-state index in [1.807, 2.05) is 18.2 Å². The van der Waals surface area contributed by atoms with E-state index in [-0.39, 0.29) is 0 Å². The highest BCUT2D eigenvalue weighted by molar-refractivity contribution is 6.42. The minimum atomic E-state index is -1.13. The van der Waals surface area contributed by atoms with Crippen molar-refractivity contribution in [2.24, 2.45) is 0 Å². The number of halogens is 2. The number of unbranched alkanes of at least 4 members (excludes halogenated alkanes) is 1. The average Bonchev–Trinajstić information content (AvgIpc) is 2.48. The van der Waals surface area contributed by atoms with E-state index in [9.17, 15) is 5.11 Å². The third kappa shape index (κ3) is 3.14. The molecule has 1 unspecified atom stereocenters. The molecule has 0 amide bonds. The van der Waals surface area contributed by atoms with Gasteiger partial charge >= 0.3 is 0 Å². The molecule has 0 aliphatic rings. The SMILES string of the molecule is CCCCC(O)(c1ccc(Cl)c(Cl)c1)c1ccccn1. The molecule has 0 aliphatic carbocycles. The molecule has 1 heterocycles. The van der Waals surface area contributed by atoms with Gasteiger partial charge in [-0.25, -0.2) is 0 Å². The van der Waals surface area contributed by atoms with Crippen LogP contribution in [0.3, 0.4) is 0 Å². The summed E-state index contributed by atoms with van der Waals surface area (Å²) in [5, 5.41) is 12.1. The Kier molecular flexibility index (Phi) is 5.03. The van der Waals surface area contributed by atoms with Gasteiger partial charge in [-0.05, 0) is 36.2 Å². The highest BCUT2D eigenvalue weighted by atomic mass is 35.5. The standard InChI is InChI=1S/C16H17Cl2NO/c1-2-3-9-16(20,15-6-4-5-10-19-15)12-7-8-13(17)14(18)11-12/h4-8,10-11,20H,2-3,9H2,1H3. The van der Waals surface area contributed by atoms with Crippen LogP contribution in [0, 0.1) is 0 Å². The van der Waals surface area contributed by atoms with Crippen LogP contribution in [0.25, 0.3) is 0 Å². The number of pyridine rings is 1. The second-order valence-electron chi connectivity index (χ2n) is 4.81. The van der Waals surface area contributed by atoms with Crippen LogP contribution in [-0.4, -0.2) is 10.1 Å². The van der Waals surface area contributed by atoms with Crippen LogP contribution in [-0.2, 0) is 5.60 Å². The van der Waals surface area contributed by atoms with Gasteiger partial charge in [-0.3, -0.25) is 4.98 Å². The summed E-state index contributed by atoms with van der Waals surface area (Å²) in [4.78, 5) is 4.31. The van der Waals surface area contributed by atoms with E-state index >= 15 is 0 Å². The van der Waals surface area contributed by atoms with Crippen molar-refractivity contribution in [2.45, 2.75) is 31.8 Å². The van der Waals surface area contributed by atoms with E-state index in [4.69, 9.17) is 23.2 Å². The summed E-state index contributed by atoms with van der Waals surface area (Å²) in [6, 6.07) is 10.8. The number of hydrogen-bond acceptors (Lipinski definition) is 2. The minimum absolute atomic E-state index is 0.440. The molecule has 106 valence electrons. The van der Waals surface area contributed by atoms with Gasteiger partial charge in [0.1, 0.15) is 5.60 Å². The number of rotatable bonds is 5. The van der Waals surface area contributed by atoms with Crippen LogP contribution in [0.4, 0.5) is 0 Å². The smallest absolute Gasteiger partial charge is 0.131 e. The molecule has 1 atom stereocenters. The predicted octanol–water partition coefficient (Wildman–Crippen LogP) is 4.81. The van der Waals surface area contributed by atoms with Crippen LogP contribution in [0.5, 0.6) is 0 Å². The summed E-state index contributed by atoms with van der Waals surface area (Å²) in [5.74, 6) is 0. The maximum absolute atomic E-state index is 11.1. The second-order valence-corrected chi connectivity index (χ2v) is 5.62. The fourth-order valence-electron chi connectivity index (χ4n) is 2.21. The van der Waals surface area contributed by atoms with E-state index in [2.05, 4.69) is 11.9 Å². The molecule has 0 spiro atoms. The Labute approximate surface area is 129 Å². The fraction of sp³-hybridized carbons (Fsp3) is 0.312. The third-order valence-electron chi connectivity index (χ3n) is 3.38. The topological polar surface area (TPSA) is 33.1 Å². The molecule has 1 N–H and O–H groups in total. The number of hydrogen-bond donors (Lipinski definition) is 1. The van der Waals surface area contributed by atoms with Crippen molar-refractivity contribution in [2.75, 3.05) is 0 Å². The lowest BCUT2D eigenvalue weighted by Gasteiger charge is -2.28. The molecule has 0 fully saturated rings. The normalized spacial score (nSPS) is 14.0. The van der Waals surface area contributed by atoms with E-state index in [1.54, 1.807) is 24.4 Å². The summed E-state index contributed by atoms with van der Waals surface area (Å²) in [6.45, 7) is 2.09. The van der Waals surface area contributed by atoms with E-state index < -0.39 is 5.60 Å².